The Kier molecular flexibility index (Phi) is 4.82. The molecule has 1 N–H and O–H groups in total. The van der Waals surface area contributed by atoms with Crippen molar-refractivity contribution in [2.45, 2.75) is 39.7 Å². The predicted octanol–water partition coefficient (Wildman–Crippen LogP) is 3.36. The Morgan fingerprint density at radius 2 is 2.22 bits per heavy atom. The first kappa shape index (κ1) is 14.0. The van der Waals surface area contributed by atoms with E-state index in [0.717, 1.165) is 12.5 Å². The predicted molar refractivity (Wildman–Crippen MR) is 80.4 cm³/mol. The summed E-state index contributed by atoms with van der Waals surface area (Å²) in [5.41, 5.74) is 1.58. The lowest BCUT2D eigenvalue weighted by molar-refractivity contribution is 0.0981. The topological polar surface area (TPSA) is 15.3 Å². The van der Waals surface area contributed by atoms with E-state index in [1.165, 1.54) is 35.7 Å². The molecule has 0 aliphatic carbocycles. The minimum atomic E-state index is 0.626. The summed E-state index contributed by atoms with van der Waals surface area (Å²) in [4.78, 5) is 5.63. The van der Waals surface area contributed by atoms with E-state index in [4.69, 9.17) is 0 Å². The molecule has 1 saturated heterocycles. The molecular weight excluding hydrogens is 240 g/mol. The van der Waals surface area contributed by atoms with Crippen LogP contribution < -0.4 is 5.32 Å². The van der Waals surface area contributed by atoms with Gasteiger partial charge < -0.3 is 5.32 Å². The minimum Gasteiger partial charge on any atom is -0.319 e. The summed E-state index contributed by atoms with van der Waals surface area (Å²) >= 11 is 1.95. The van der Waals surface area contributed by atoms with Gasteiger partial charge in [-0.2, -0.15) is 0 Å². The molecule has 0 spiro atoms. The average Bonchev–Trinajstić information content (AvgIpc) is 2.68. The van der Waals surface area contributed by atoms with Crippen molar-refractivity contribution in [2.24, 2.45) is 5.92 Å². The molecule has 0 bridgehead atoms. The van der Waals surface area contributed by atoms with Crippen LogP contribution in [-0.4, -0.2) is 31.6 Å². The number of nitrogens with zero attached hydrogens (tertiary/aromatic N) is 1. The van der Waals surface area contributed by atoms with Crippen molar-refractivity contribution < 1.29 is 0 Å². The Hall–Kier alpha value is -0.380. The summed E-state index contributed by atoms with van der Waals surface area (Å²) < 4.78 is 0. The van der Waals surface area contributed by atoms with Crippen molar-refractivity contribution in [3.8, 4) is 0 Å². The third-order valence-electron chi connectivity index (χ3n) is 4.13. The van der Waals surface area contributed by atoms with E-state index in [1.54, 1.807) is 5.56 Å². The van der Waals surface area contributed by atoms with E-state index < -0.39 is 0 Å². The molecule has 0 saturated carbocycles. The molecule has 0 aromatic carbocycles. The molecule has 102 valence electrons. The zero-order chi connectivity index (χ0) is 13.1. The number of aryl methyl sites for hydroxylation is 2. The van der Waals surface area contributed by atoms with Gasteiger partial charge in [-0.1, -0.05) is 6.92 Å². The van der Waals surface area contributed by atoms with E-state index in [2.05, 4.69) is 44.1 Å². The van der Waals surface area contributed by atoms with Crippen LogP contribution in [-0.2, 0) is 0 Å². The fourth-order valence-corrected chi connectivity index (χ4v) is 4.34. The number of piperidine rings is 1. The molecule has 0 amide bonds. The van der Waals surface area contributed by atoms with Crippen LogP contribution in [0, 0.1) is 19.8 Å². The summed E-state index contributed by atoms with van der Waals surface area (Å²) in [5, 5.41) is 3.38. The third-order valence-corrected chi connectivity index (χ3v) is 5.11. The highest BCUT2D eigenvalue weighted by molar-refractivity contribution is 7.12. The number of thiophene rings is 1. The SMILES string of the molecule is CCN1CCCC(CNC)C1c1cc(C)sc1C. The Morgan fingerprint density at radius 1 is 1.44 bits per heavy atom. The van der Waals surface area contributed by atoms with Crippen LogP contribution in [0.4, 0.5) is 0 Å². The molecule has 18 heavy (non-hydrogen) atoms. The summed E-state index contributed by atoms with van der Waals surface area (Å²) in [7, 11) is 2.08. The lowest BCUT2D eigenvalue weighted by atomic mass is 9.84. The lowest BCUT2D eigenvalue weighted by Gasteiger charge is -2.41. The van der Waals surface area contributed by atoms with Crippen molar-refractivity contribution in [3.05, 3.63) is 21.4 Å². The summed E-state index contributed by atoms with van der Waals surface area (Å²) in [6.07, 6.45) is 2.70. The van der Waals surface area contributed by atoms with Crippen LogP contribution >= 0.6 is 11.3 Å². The number of hydrogen-bond acceptors (Lipinski definition) is 3. The monoisotopic (exact) mass is 266 g/mol. The second-order valence-corrected chi connectivity index (χ2v) is 6.86. The molecule has 0 radical (unpaired) electrons. The van der Waals surface area contributed by atoms with Crippen LogP contribution in [0.25, 0.3) is 0 Å². The number of nitrogens with one attached hydrogen (secondary N) is 1. The second kappa shape index (κ2) is 6.18. The van der Waals surface area contributed by atoms with Crippen LogP contribution in [0.5, 0.6) is 0 Å². The fraction of sp³-hybridized carbons (Fsp3) is 0.733. The lowest BCUT2D eigenvalue weighted by Crippen LogP contribution is -2.42. The maximum atomic E-state index is 3.38. The first-order valence-electron chi connectivity index (χ1n) is 7.13. The van der Waals surface area contributed by atoms with Crippen molar-refractivity contribution >= 4 is 11.3 Å². The fourth-order valence-electron chi connectivity index (χ4n) is 3.38. The number of hydrogen-bond donors (Lipinski definition) is 1. The average molecular weight is 266 g/mol. The molecule has 2 rings (SSSR count). The van der Waals surface area contributed by atoms with E-state index in [9.17, 15) is 0 Å². The zero-order valence-electron chi connectivity index (χ0n) is 12.1. The van der Waals surface area contributed by atoms with E-state index in [0.29, 0.717) is 6.04 Å². The molecule has 3 heteroatoms. The van der Waals surface area contributed by atoms with Crippen LogP contribution in [0.1, 0.15) is 41.1 Å². The van der Waals surface area contributed by atoms with Crippen LogP contribution in [0.2, 0.25) is 0 Å². The number of rotatable bonds is 4. The molecule has 2 heterocycles. The maximum absolute atomic E-state index is 3.38. The summed E-state index contributed by atoms with van der Waals surface area (Å²) in [6.45, 7) is 10.4. The number of likely N-dealkylation sites (tertiary alicyclic amines) is 1. The Bertz CT molecular complexity index is 384. The van der Waals surface area contributed by atoms with Crippen molar-refractivity contribution in [2.75, 3.05) is 26.7 Å². The van der Waals surface area contributed by atoms with Crippen molar-refractivity contribution in [1.29, 1.82) is 0 Å². The van der Waals surface area contributed by atoms with Crippen molar-refractivity contribution in [3.63, 3.8) is 0 Å². The van der Waals surface area contributed by atoms with Gasteiger partial charge >= 0.3 is 0 Å². The van der Waals surface area contributed by atoms with Gasteiger partial charge in [-0.05, 0) is 70.9 Å². The van der Waals surface area contributed by atoms with Gasteiger partial charge in [-0.3, -0.25) is 4.90 Å². The summed E-state index contributed by atoms with van der Waals surface area (Å²) in [5.74, 6) is 0.761. The zero-order valence-corrected chi connectivity index (χ0v) is 12.9. The van der Waals surface area contributed by atoms with Gasteiger partial charge in [0, 0.05) is 15.8 Å². The Balaban J connectivity index is 2.30. The molecule has 2 unspecified atom stereocenters. The quantitative estimate of drug-likeness (QED) is 0.899. The molecule has 1 aromatic heterocycles. The molecule has 1 aliphatic rings. The van der Waals surface area contributed by atoms with E-state index >= 15 is 0 Å². The maximum Gasteiger partial charge on any atom is 0.0399 e. The van der Waals surface area contributed by atoms with Crippen molar-refractivity contribution in [1.82, 2.24) is 10.2 Å². The minimum absolute atomic E-state index is 0.626. The molecule has 2 atom stereocenters. The van der Waals surface area contributed by atoms with Gasteiger partial charge in [0.15, 0.2) is 0 Å². The first-order valence-corrected chi connectivity index (χ1v) is 7.94. The highest BCUT2D eigenvalue weighted by Gasteiger charge is 2.32. The highest BCUT2D eigenvalue weighted by Crippen LogP contribution is 2.39. The molecular formula is C15H26N2S. The van der Waals surface area contributed by atoms with Gasteiger partial charge in [0.2, 0.25) is 0 Å². The second-order valence-electron chi connectivity index (χ2n) is 5.40. The molecule has 1 aliphatic heterocycles. The smallest absolute Gasteiger partial charge is 0.0399 e. The van der Waals surface area contributed by atoms with Crippen LogP contribution in [0.15, 0.2) is 6.07 Å². The third kappa shape index (κ3) is 2.79. The van der Waals surface area contributed by atoms with E-state index in [-0.39, 0.29) is 0 Å². The van der Waals surface area contributed by atoms with Crippen LogP contribution in [0.3, 0.4) is 0 Å². The molecule has 2 nitrogen and oxygen atoms in total. The standard InChI is InChI=1S/C15H26N2S/c1-5-17-8-6-7-13(10-16-4)15(17)14-9-11(2)18-12(14)3/h9,13,15-16H,5-8,10H2,1-4H3. The first-order chi connectivity index (χ1) is 8.67. The largest absolute Gasteiger partial charge is 0.319 e. The Morgan fingerprint density at radius 3 is 2.78 bits per heavy atom. The van der Waals surface area contributed by atoms with Gasteiger partial charge in [-0.15, -0.1) is 11.3 Å². The normalized spacial score (nSPS) is 25.6. The van der Waals surface area contributed by atoms with Gasteiger partial charge in [0.1, 0.15) is 0 Å². The van der Waals surface area contributed by atoms with Gasteiger partial charge in [-0.25, -0.2) is 0 Å². The highest BCUT2D eigenvalue weighted by atomic mass is 32.1. The van der Waals surface area contributed by atoms with E-state index in [1.807, 2.05) is 11.3 Å². The summed E-state index contributed by atoms with van der Waals surface area (Å²) in [6, 6.07) is 3.04. The molecule has 1 aromatic rings. The molecule has 1 fully saturated rings. The van der Waals surface area contributed by atoms with Gasteiger partial charge in [0.25, 0.3) is 0 Å². The Labute approximate surface area is 115 Å². The van der Waals surface area contributed by atoms with Gasteiger partial charge in [0.05, 0.1) is 0 Å².